The van der Waals surface area contributed by atoms with Crippen LogP contribution < -0.4 is 10.5 Å². The van der Waals surface area contributed by atoms with Gasteiger partial charge in [-0.1, -0.05) is 25.1 Å². The van der Waals surface area contributed by atoms with Crippen LogP contribution in [0.25, 0.3) is 10.2 Å². The van der Waals surface area contributed by atoms with Gasteiger partial charge in [-0.25, -0.2) is 4.98 Å². The summed E-state index contributed by atoms with van der Waals surface area (Å²) in [5.41, 5.74) is 2.00. The minimum Gasteiger partial charge on any atom is -0.308 e. The van der Waals surface area contributed by atoms with Crippen LogP contribution in [0.2, 0.25) is 0 Å². The number of rotatable bonds is 3. The lowest BCUT2D eigenvalue weighted by Crippen LogP contribution is -2.44. The van der Waals surface area contributed by atoms with Gasteiger partial charge in [-0.05, 0) is 43.9 Å². The van der Waals surface area contributed by atoms with Gasteiger partial charge in [-0.2, -0.15) is 0 Å². The normalized spacial score (nSPS) is 16.7. The molecule has 134 valence electrons. The summed E-state index contributed by atoms with van der Waals surface area (Å²) in [4.78, 5) is 33.9. The highest BCUT2D eigenvalue weighted by atomic mass is 32.1. The van der Waals surface area contributed by atoms with Gasteiger partial charge in [0.25, 0.3) is 5.56 Å². The van der Waals surface area contributed by atoms with E-state index < -0.39 is 0 Å². The standard InChI is InChI=1S/C20H21N3O2S/c1-3-15-10-16-19(26-15)21-12-22(20(16)25)11-18(24)23-13(2)8-9-14-6-4-5-7-17(14)23/h4-7,10,12-13H,3,8-9,11H2,1-2H3. The summed E-state index contributed by atoms with van der Waals surface area (Å²) in [6.07, 6.45) is 4.28. The molecule has 3 heterocycles. The van der Waals surface area contributed by atoms with Crippen molar-refractivity contribution >= 4 is 33.1 Å². The summed E-state index contributed by atoms with van der Waals surface area (Å²) in [7, 11) is 0. The van der Waals surface area contributed by atoms with Gasteiger partial charge in [0.05, 0.1) is 11.7 Å². The molecule has 1 atom stereocenters. The molecule has 1 amide bonds. The van der Waals surface area contributed by atoms with Crippen molar-refractivity contribution in [1.29, 1.82) is 0 Å². The van der Waals surface area contributed by atoms with Crippen LogP contribution in [0.4, 0.5) is 5.69 Å². The Kier molecular flexibility index (Phi) is 4.36. The molecule has 2 aromatic heterocycles. The Hall–Kier alpha value is -2.47. The van der Waals surface area contributed by atoms with Crippen LogP contribution >= 0.6 is 11.3 Å². The molecular formula is C20H21N3O2S. The van der Waals surface area contributed by atoms with Gasteiger partial charge in [0.1, 0.15) is 11.4 Å². The summed E-state index contributed by atoms with van der Waals surface area (Å²) in [6, 6.07) is 10.0. The highest BCUT2D eigenvalue weighted by molar-refractivity contribution is 7.18. The lowest BCUT2D eigenvalue weighted by Gasteiger charge is -2.35. The predicted molar refractivity (Wildman–Crippen MR) is 105 cm³/mol. The van der Waals surface area contributed by atoms with Crippen molar-refractivity contribution in [2.75, 3.05) is 4.90 Å². The molecule has 4 rings (SSSR count). The van der Waals surface area contributed by atoms with Crippen LogP contribution in [0.15, 0.2) is 41.5 Å². The van der Waals surface area contributed by atoms with Crippen molar-refractivity contribution < 1.29 is 4.79 Å². The Morgan fingerprint density at radius 2 is 2.15 bits per heavy atom. The number of benzene rings is 1. The third-order valence-corrected chi connectivity index (χ3v) is 6.20. The Morgan fingerprint density at radius 3 is 2.96 bits per heavy atom. The zero-order chi connectivity index (χ0) is 18.3. The second-order valence-corrected chi connectivity index (χ2v) is 7.86. The number of carbonyl (C=O) groups excluding carboxylic acids is 1. The molecule has 1 aliphatic heterocycles. The monoisotopic (exact) mass is 367 g/mol. The van der Waals surface area contributed by atoms with Crippen molar-refractivity contribution in [3.05, 3.63) is 57.5 Å². The molecule has 1 aromatic carbocycles. The second kappa shape index (κ2) is 6.68. The van der Waals surface area contributed by atoms with E-state index in [0.29, 0.717) is 5.39 Å². The molecule has 1 unspecified atom stereocenters. The number of aromatic nitrogens is 2. The maximum absolute atomic E-state index is 13.0. The molecule has 0 bridgehead atoms. The van der Waals surface area contributed by atoms with Crippen LogP contribution in [0.1, 0.15) is 30.7 Å². The highest BCUT2D eigenvalue weighted by Crippen LogP contribution is 2.30. The molecule has 3 aromatic rings. The number of fused-ring (bicyclic) bond motifs is 2. The SMILES string of the molecule is CCc1cc2c(=O)n(CC(=O)N3c4ccccc4CCC3C)cnc2s1. The number of thiophene rings is 1. The Labute approximate surface area is 155 Å². The van der Waals surface area contributed by atoms with Crippen LogP contribution in [0.5, 0.6) is 0 Å². The maximum Gasteiger partial charge on any atom is 0.262 e. The molecular weight excluding hydrogens is 346 g/mol. The molecule has 0 fully saturated rings. The van der Waals surface area contributed by atoms with E-state index in [9.17, 15) is 9.59 Å². The lowest BCUT2D eigenvalue weighted by atomic mass is 9.96. The average Bonchev–Trinajstić information content (AvgIpc) is 3.08. The minimum absolute atomic E-state index is 0.0117. The number of anilines is 1. The molecule has 0 saturated heterocycles. The number of nitrogens with zero attached hydrogens (tertiary/aromatic N) is 3. The molecule has 26 heavy (non-hydrogen) atoms. The second-order valence-electron chi connectivity index (χ2n) is 6.74. The summed E-state index contributed by atoms with van der Waals surface area (Å²) in [5, 5.41) is 0.606. The summed E-state index contributed by atoms with van der Waals surface area (Å²) >= 11 is 1.54. The predicted octanol–water partition coefficient (Wildman–Crippen LogP) is 3.39. The number of amides is 1. The van der Waals surface area contributed by atoms with E-state index in [0.717, 1.165) is 34.7 Å². The van der Waals surface area contributed by atoms with E-state index in [1.807, 2.05) is 29.2 Å². The number of hydrogen-bond donors (Lipinski definition) is 0. The first kappa shape index (κ1) is 17.0. The fraction of sp³-hybridized carbons (Fsp3) is 0.350. The van der Waals surface area contributed by atoms with Gasteiger partial charge in [-0.3, -0.25) is 14.2 Å². The zero-order valence-electron chi connectivity index (χ0n) is 14.9. The van der Waals surface area contributed by atoms with E-state index in [1.165, 1.54) is 27.8 Å². The minimum atomic E-state index is -0.141. The molecule has 5 nitrogen and oxygen atoms in total. The van der Waals surface area contributed by atoms with Crippen molar-refractivity contribution in [1.82, 2.24) is 9.55 Å². The third-order valence-electron chi connectivity index (χ3n) is 5.02. The quantitative estimate of drug-likeness (QED) is 0.713. The van der Waals surface area contributed by atoms with Crippen LogP contribution in [-0.4, -0.2) is 21.5 Å². The van der Waals surface area contributed by atoms with E-state index >= 15 is 0 Å². The average molecular weight is 367 g/mol. The molecule has 0 radical (unpaired) electrons. The maximum atomic E-state index is 13.0. The first-order valence-electron chi connectivity index (χ1n) is 8.96. The van der Waals surface area contributed by atoms with E-state index in [2.05, 4.69) is 24.9 Å². The van der Waals surface area contributed by atoms with Crippen LogP contribution in [0.3, 0.4) is 0 Å². The van der Waals surface area contributed by atoms with Crippen LogP contribution in [-0.2, 0) is 24.2 Å². The first-order chi connectivity index (χ1) is 12.6. The summed E-state index contributed by atoms with van der Waals surface area (Å²) in [6.45, 7) is 4.13. The van der Waals surface area contributed by atoms with Crippen LogP contribution in [0, 0.1) is 0 Å². The molecule has 0 spiro atoms. The molecule has 0 aliphatic carbocycles. The summed E-state index contributed by atoms with van der Waals surface area (Å²) in [5.74, 6) is -0.0705. The number of aryl methyl sites for hydroxylation is 2. The molecule has 6 heteroatoms. The third kappa shape index (κ3) is 2.84. The van der Waals surface area contributed by atoms with Gasteiger partial charge in [0, 0.05) is 16.6 Å². The van der Waals surface area contributed by atoms with E-state index in [1.54, 1.807) is 0 Å². The van der Waals surface area contributed by atoms with Gasteiger partial charge < -0.3 is 4.90 Å². The van der Waals surface area contributed by atoms with Crippen molar-refractivity contribution in [3.63, 3.8) is 0 Å². The van der Waals surface area contributed by atoms with Crippen molar-refractivity contribution in [2.24, 2.45) is 0 Å². The van der Waals surface area contributed by atoms with E-state index in [4.69, 9.17) is 0 Å². The first-order valence-corrected chi connectivity index (χ1v) is 9.78. The van der Waals surface area contributed by atoms with Gasteiger partial charge >= 0.3 is 0 Å². The Balaban J connectivity index is 1.67. The highest BCUT2D eigenvalue weighted by Gasteiger charge is 2.28. The van der Waals surface area contributed by atoms with Crippen molar-refractivity contribution in [3.8, 4) is 0 Å². The smallest absolute Gasteiger partial charge is 0.262 e. The largest absolute Gasteiger partial charge is 0.308 e. The Bertz CT molecular complexity index is 1040. The van der Waals surface area contributed by atoms with Gasteiger partial charge in [0.2, 0.25) is 5.91 Å². The zero-order valence-corrected chi connectivity index (χ0v) is 15.8. The van der Waals surface area contributed by atoms with Gasteiger partial charge in [0.15, 0.2) is 0 Å². The fourth-order valence-electron chi connectivity index (χ4n) is 3.59. The summed E-state index contributed by atoms with van der Waals surface area (Å²) < 4.78 is 1.43. The van der Waals surface area contributed by atoms with Crippen molar-refractivity contribution in [2.45, 2.75) is 45.7 Å². The molecule has 0 N–H and O–H groups in total. The lowest BCUT2D eigenvalue weighted by molar-refractivity contribution is -0.119. The Morgan fingerprint density at radius 1 is 1.35 bits per heavy atom. The van der Waals surface area contributed by atoms with E-state index in [-0.39, 0.29) is 24.1 Å². The molecule has 1 aliphatic rings. The number of para-hydroxylation sites is 1. The topological polar surface area (TPSA) is 55.2 Å². The number of carbonyl (C=O) groups is 1. The van der Waals surface area contributed by atoms with Gasteiger partial charge in [-0.15, -0.1) is 11.3 Å². The fourth-order valence-corrected chi connectivity index (χ4v) is 4.51. The molecule has 0 saturated carbocycles. The number of hydrogen-bond acceptors (Lipinski definition) is 4.